The zero-order valence-electron chi connectivity index (χ0n) is 24.8. The number of alkyl carbamates (subject to hydrolysis) is 1. The molecule has 12 heteroatoms. The lowest BCUT2D eigenvalue weighted by atomic mass is 9.99. The molecule has 4 aromatic rings. The van der Waals surface area contributed by atoms with Crippen LogP contribution in [0.2, 0.25) is 0 Å². The third-order valence-corrected chi connectivity index (χ3v) is 8.17. The van der Waals surface area contributed by atoms with Gasteiger partial charge in [0.15, 0.2) is 17.2 Å². The molecule has 0 fully saturated rings. The van der Waals surface area contributed by atoms with E-state index >= 15 is 4.39 Å². The number of pyridine rings is 1. The molecular formula is C31H34FN3O7S. The first-order valence-electron chi connectivity index (χ1n) is 13.5. The second-order valence-corrected chi connectivity index (χ2v) is 12.9. The van der Waals surface area contributed by atoms with Crippen LogP contribution in [-0.2, 0) is 30.7 Å². The summed E-state index contributed by atoms with van der Waals surface area (Å²) in [5.41, 5.74) is 1.40. The highest BCUT2D eigenvalue weighted by Gasteiger charge is 2.25. The van der Waals surface area contributed by atoms with Gasteiger partial charge in [-0.05, 0) is 82.5 Å². The van der Waals surface area contributed by atoms with Crippen LogP contribution in [0.25, 0.3) is 11.0 Å². The molecule has 0 aliphatic carbocycles. The second kappa shape index (κ2) is 12.4. The quantitative estimate of drug-likeness (QED) is 0.240. The number of esters is 1. The molecule has 0 spiro atoms. The van der Waals surface area contributed by atoms with E-state index in [-0.39, 0.29) is 35.0 Å². The molecule has 1 atom stereocenters. The van der Waals surface area contributed by atoms with Gasteiger partial charge in [-0.15, -0.1) is 0 Å². The Hall–Kier alpha value is -4.45. The van der Waals surface area contributed by atoms with Gasteiger partial charge in [0.05, 0.1) is 23.3 Å². The molecule has 228 valence electrons. The molecule has 1 N–H and O–H groups in total. The minimum atomic E-state index is -3.95. The number of benzene rings is 2. The van der Waals surface area contributed by atoms with Crippen molar-refractivity contribution in [1.82, 2.24) is 14.3 Å². The Bertz CT molecular complexity index is 1760. The van der Waals surface area contributed by atoms with E-state index in [4.69, 9.17) is 14.2 Å². The summed E-state index contributed by atoms with van der Waals surface area (Å²) in [6.07, 6.45) is 2.24. The normalized spacial score (nSPS) is 12.5. The molecular weight excluding hydrogens is 577 g/mol. The van der Waals surface area contributed by atoms with Gasteiger partial charge in [-0.2, -0.15) is 0 Å². The largest absolute Gasteiger partial charge is 0.469 e. The summed E-state index contributed by atoms with van der Waals surface area (Å²) in [6.45, 7) is 8.67. The van der Waals surface area contributed by atoms with Crippen LogP contribution < -0.4 is 10.1 Å². The fourth-order valence-electron chi connectivity index (χ4n) is 4.45. The van der Waals surface area contributed by atoms with E-state index in [0.29, 0.717) is 16.5 Å². The smallest absolute Gasteiger partial charge is 0.407 e. The third kappa shape index (κ3) is 7.31. The van der Waals surface area contributed by atoms with Crippen molar-refractivity contribution >= 4 is 33.1 Å². The Morgan fingerprint density at radius 1 is 1.05 bits per heavy atom. The molecule has 0 saturated carbocycles. The zero-order valence-corrected chi connectivity index (χ0v) is 25.6. The molecule has 0 aliphatic heterocycles. The van der Waals surface area contributed by atoms with Crippen molar-refractivity contribution in [2.45, 2.75) is 51.5 Å². The zero-order chi connectivity index (χ0) is 31.5. The van der Waals surface area contributed by atoms with Crippen LogP contribution in [0, 0.1) is 25.6 Å². The lowest BCUT2D eigenvalue weighted by molar-refractivity contribution is -0.145. The number of carbonyl (C=O) groups excluding carboxylic acids is 2. The first-order valence-corrected chi connectivity index (χ1v) is 14.9. The molecule has 4 rings (SSSR count). The van der Waals surface area contributed by atoms with Crippen LogP contribution in [-0.4, -0.2) is 48.7 Å². The number of aryl methyl sites for hydroxylation is 2. The molecule has 0 saturated heterocycles. The van der Waals surface area contributed by atoms with Crippen molar-refractivity contribution in [3.8, 4) is 11.5 Å². The summed E-state index contributed by atoms with van der Waals surface area (Å²) in [5, 5.41) is 2.97. The monoisotopic (exact) mass is 611 g/mol. The number of fused-ring (bicyclic) bond motifs is 1. The maximum atomic E-state index is 15.3. The van der Waals surface area contributed by atoms with Gasteiger partial charge in [-0.1, -0.05) is 23.8 Å². The molecule has 0 bridgehead atoms. The molecule has 2 aromatic heterocycles. The van der Waals surface area contributed by atoms with Crippen LogP contribution in [0.15, 0.2) is 65.8 Å². The Labute approximate surface area is 249 Å². The Balaban J connectivity index is 1.56. The predicted octanol–water partition coefficient (Wildman–Crippen LogP) is 5.68. The lowest BCUT2D eigenvalue weighted by Gasteiger charge is -2.21. The first kappa shape index (κ1) is 31.5. The highest BCUT2D eigenvalue weighted by Crippen LogP contribution is 2.35. The summed E-state index contributed by atoms with van der Waals surface area (Å²) < 4.78 is 59.1. The van der Waals surface area contributed by atoms with Crippen molar-refractivity contribution in [3.05, 3.63) is 83.4 Å². The highest BCUT2D eigenvalue weighted by atomic mass is 32.2. The van der Waals surface area contributed by atoms with Crippen LogP contribution >= 0.6 is 0 Å². The lowest BCUT2D eigenvalue weighted by Crippen LogP contribution is -2.38. The van der Waals surface area contributed by atoms with Gasteiger partial charge in [-0.25, -0.2) is 26.6 Å². The van der Waals surface area contributed by atoms with Gasteiger partial charge in [0.25, 0.3) is 10.0 Å². The van der Waals surface area contributed by atoms with Crippen molar-refractivity contribution in [2.75, 3.05) is 13.7 Å². The predicted molar refractivity (Wildman–Crippen MR) is 158 cm³/mol. The Morgan fingerprint density at radius 2 is 1.74 bits per heavy atom. The van der Waals surface area contributed by atoms with E-state index in [0.717, 1.165) is 9.54 Å². The summed E-state index contributed by atoms with van der Waals surface area (Å²) in [7, 11) is -2.72. The van der Waals surface area contributed by atoms with Gasteiger partial charge in [0.2, 0.25) is 0 Å². The molecule has 0 aliphatic rings. The van der Waals surface area contributed by atoms with E-state index in [1.165, 1.54) is 49.8 Å². The number of carbonyl (C=O) groups is 2. The molecule has 2 heterocycles. The van der Waals surface area contributed by atoms with Crippen molar-refractivity contribution in [2.24, 2.45) is 5.92 Å². The Kier molecular flexibility index (Phi) is 9.09. The van der Waals surface area contributed by atoms with Crippen LogP contribution in [0.3, 0.4) is 0 Å². The van der Waals surface area contributed by atoms with E-state index in [2.05, 4.69) is 10.3 Å². The number of hydrogen-bond donors (Lipinski definition) is 1. The second-order valence-electron chi connectivity index (χ2n) is 11.1. The van der Waals surface area contributed by atoms with Gasteiger partial charge >= 0.3 is 12.1 Å². The number of hydrogen-bond acceptors (Lipinski definition) is 8. The molecule has 2 aromatic carbocycles. The van der Waals surface area contributed by atoms with Crippen molar-refractivity contribution in [3.63, 3.8) is 0 Å². The fraction of sp³-hybridized carbons (Fsp3) is 0.323. The number of rotatable bonds is 9. The van der Waals surface area contributed by atoms with E-state index in [1.807, 2.05) is 6.92 Å². The number of nitrogens with zero attached hydrogens (tertiary/aromatic N) is 2. The average molecular weight is 612 g/mol. The third-order valence-electron chi connectivity index (χ3n) is 6.51. The fourth-order valence-corrected chi connectivity index (χ4v) is 5.82. The molecule has 1 unspecified atom stereocenters. The number of nitrogens with one attached hydrogen (secondary N) is 1. The number of amides is 1. The molecule has 43 heavy (non-hydrogen) atoms. The first-order chi connectivity index (χ1) is 20.2. The number of aromatic nitrogens is 2. The van der Waals surface area contributed by atoms with Crippen LogP contribution in [0.1, 0.15) is 37.5 Å². The van der Waals surface area contributed by atoms with Gasteiger partial charge in [-0.3, -0.25) is 4.79 Å². The van der Waals surface area contributed by atoms with Crippen molar-refractivity contribution < 1.29 is 36.6 Å². The SMILES string of the molecule is COC(=O)C(CNC(=O)OC(C)(C)C)Cc1ccc(Oc2ccnc3c2c(C)cn3S(=O)(=O)c2ccc(C)cc2)c(F)c1. The number of halogens is 1. The maximum Gasteiger partial charge on any atom is 0.407 e. The highest BCUT2D eigenvalue weighted by molar-refractivity contribution is 7.90. The van der Waals surface area contributed by atoms with Crippen LogP contribution in [0.4, 0.5) is 9.18 Å². The van der Waals surface area contributed by atoms with Gasteiger partial charge in [0, 0.05) is 18.9 Å². The summed E-state index contributed by atoms with van der Waals surface area (Å²) in [6, 6.07) is 12.3. The van der Waals surface area contributed by atoms with E-state index < -0.39 is 39.4 Å². The van der Waals surface area contributed by atoms with Crippen molar-refractivity contribution in [1.29, 1.82) is 0 Å². The molecule has 0 radical (unpaired) electrons. The Morgan fingerprint density at radius 3 is 2.37 bits per heavy atom. The topological polar surface area (TPSA) is 126 Å². The van der Waals surface area contributed by atoms with Crippen LogP contribution in [0.5, 0.6) is 11.5 Å². The number of ether oxygens (including phenoxy) is 3. The summed E-state index contributed by atoms with van der Waals surface area (Å²) >= 11 is 0. The summed E-state index contributed by atoms with van der Waals surface area (Å²) in [4.78, 5) is 28.8. The summed E-state index contributed by atoms with van der Waals surface area (Å²) in [5.74, 6) is -1.94. The standard InChI is InChI=1S/C31H34FN3O7S/c1-19-7-10-23(11-8-19)43(38,39)35-18-20(2)27-26(13-14-33-28(27)35)41-25-12-9-21(16-24(25)32)15-22(29(36)40-6)17-34-30(37)42-31(3,4)5/h7-14,16,18,22H,15,17H2,1-6H3,(H,34,37). The molecule has 10 nitrogen and oxygen atoms in total. The average Bonchev–Trinajstić information content (AvgIpc) is 3.29. The molecule has 1 amide bonds. The van der Waals surface area contributed by atoms with Gasteiger partial charge < -0.3 is 19.5 Å². The maximum absolute atomic E-state index is 15.3. The number of methoxy groups -OCH3 is 1. The van der Waals surface area contributed by atoms with Gasteiger partial charge in [0.1, 0.15) is 11.4 Å². The minimum Gasteiger partial charge on any atom is -0.469 e. The van der Waals surface area contributed by atoms with E-state index in [1.54, 1.807) is 45.9 Å². The minimum absolute atomic E-state index is 0.0712. The van der Waals surface area contributed by atoms with E-state index in [9.17, 15) is 18.0 Å².